The van der Waals surface area contributed by atoms with Gasteiger partial charge in [0.05, 0.1) is 12.3 Å². The lowest BCUT2D eigenvalue weighted by atomic mass is 9.84. The second-order valence-electron chi connectivity index (χ2n) is 7.60. The Morgan fingerprint density at radius 1 is 1.07 bits per heavy atom. The van der Waals surface area contributed by atoms with E-state index in [9.17, 15) is 4.79 Å². The molecule has 0 bridgehead atoms. The molecule has 2 saturated heterocycles. The number of carbonyl (C=O) groups is 1. The molecule has 0 radical (unpaired) electrons. The zero-order chi connectivity index (χ0) is 18.9. The molecule has 5 nitrogen and oxygen atoms in total. The van der Waals surface area contributed by atoms with Crippen molar-refractivity contribution < 1.29 is 9.53 Å². The van der Waals surface area contributed by atoms with E-state index >= 15 is 0 Å². The summed E-state index contributed by atoms with van der Waals surface area (Å²) in [7, 11) is 0. The van der Waals surface area contributed by atoms with Crippen LogP contribution >= 0.6 is 0 Å². The first-order valence-electron chi connectivity index (χ1n) is 9.86. The fourth-order valence-electron chi connectivity index (χ4n) is 4.63. The molecule has 142 valence electrons. The number of hydrogen-bond donors (Lipinski definition) is 1. The van der Waals surface area contributed by atoms with Gasteiger partial charge in [0, 0.05) is 36.6 Å². The fraction of sp³-hybridized carbons (Fsp3) is 0.304. The Morgan fingerprint density at radius 3 is 2.61 bits per heavy atom. The smallest absolute Gasteiger partial charge is 0.272 e. The highest BCUT2D eigenvalue weighted by atomic mass is 16.5. The summed E-state index contributed by atoms with van der Waals surface area (Å²) in [6.45, 7) is 2.15. The lowest BCUT2D eigenvalue weighted by Crippen LogP contribution is -2.42. The van der Waals surface area contributed by atoms with Crippen LogP contribution in [-0.4, -0.2) is 46.8 Å². The van der Waals surface area contributed by atoms with Crippen molar-refractivity contribution >= 4 is 5.91 Å². The Morgan fingerprint density at radius 2 is 1.82 bits per heavy atom. The maximum Gasteiger partial charge on any atom is 0.272 e. The van der Waals surface area contributed by atoms with Crippen molar-refractivity contribution in [2.45, 2.75) is 18.4 Å². The molecule has 1 N–H and O–H groups in total. The molecular weight excluding hydrogens is 350 g/mol. The molecule has 1 amide bonds. The van der Waals surface area contributed by atoms with E-state index in [-0.39, 0.29) is 11.9 Å². The zero-order valence-electron chi connectivity index (χ0n) is 15.6. The number of amides is 1. The lowest BCUT2D eigenvalue weighted by Gasteiger charge is -2.32. The first kappa shape index (κ1) is 17.2. The highest BCUT2D eigenvalue weighted by Crippen LogP contribution is 2.41. The number of benzene rings is 2. The molecule has 5 rings (SSSR count). The standard InChI is InChI=1S/C23H23N3O2/c27-23(21-13-20(24-25-21)17-9-5-2-6-10-17)26-14-18(16-7-3-1-4-8-16)19-15-28-12-11-22(19)26/h1-10,13,18-19,22H,11-12,14-15H2,(H,24,25). The van der Waals surface area contributed by atoms with Gasteiger partial charge in [0.2, 0.25) is 0 Å². The SMILES string of the molecule is O=C(c1cc(-c2ccccc2)n[nH]1)N1CC(c2ccccc2)C2COCCC21. The van der Waals surface area contributed by atoms with Gasteiger partial charge in [0.1, 0.15) is 5.69 Å². The topological polar surface area (TPSA) is 58.2 Å². The molecule has 2 aliphatic heterocycles. The number of aromatic nitrogens is 2. The van der Waals surface area contributed by atoms with Crippen LogP contribution in [0.3, 0.4) is 0 Å². The van der Waals surface area contributed by atoms with Gasteiger partial charge < -0.3 is 9.64 Å². The summed E-state index contributed by atoms with van der Waals surface area (Å²) in [5, 5.41) is 7.32. The summed E-state index contributed by atoms with van der Waals surface area (Å²) in [5.41, 5.74) is 3.64. The van der Waals surface area contributed by atoms with Gasteiger partial charge in [0.15, 0.2) is 0 Å². The first-order valence-corrected chi connectivity index (χ1v) is 9.86. The third-order valence-electron chi connectivity index (χ3n) is 6.04. The first-order chi connectivity index (χ1) is 13.8. The third kappa shape index (κ3) is 3.02. The normalized spacial score (nSPS) is 24.1. The van der Waals surface area contributed by atoms with Crippen molar-refractivity contribution in [2.24, 2.45) is 5.92 Å². The summed E-state index contributed by atoms with van der Waals surface area (Å²) >= 11 is 0. The second kappa shape index (κ2) is 7.24. The van der Waals surface area contributed by atoms with Crippen LogP contribution < -0.4 is 0 Å². The summed E-state index contributed by atoms with van der Waals surface area (Å²) in [5.74, 6) is 0.689. The number of H-pyrrole nitrogens is 1. The van der Waals surface area contributed by atoms with Gasteiger partial charge >= 0.3 is 0 Å². The van der Waals surface area contributed by atoms with Gasteiger partial charge in [0.25, 0.3) is 5.91 Å². The van der Waals surface area contributed by atoms with Crippen LogP contribution in [0.2, 0.25) is 0 Å². The summed E-state index contributed by atoms with van der Waals surface area (Å²) in [6, 6.07) is 22.5. The van der Waals surface area contributed by atoms with Gasteiger partial charge in [-0.05, 0) is 18.1 Å². The van der Waals surface area contributed by atoms with E-state index in [4.69, 9.17) is 4.74 Å². The van der Waals surface area contributed by atoms with Crippen LogP contribution in [0.15, 0.2) is 66.7 Å². The number of nitrogens with one attached hydrogen (secondary N) is 1. The molecule has 3 unspecified atom stereocenters. The monoisotopic (exact) mass is 373 g/mol. The van der Waals surface area contributed by atoms with Crippen LogP contribution in [0, 0.1) is 5.92 Å². The molecular formula is C23H23N3O2. The molecule has 2 fully saturated rings. The third-order valence-corrected chi connectivity index (χ3v) is 6.04. The van der Waals surface area contributed by atoms with Crippen molar-refractivity contribution in [3.8, 4) is 11.3 Å². The number of aromatic amines is 1. The van der Waals surface area contributed by atoms with E-state index in [1.807, 2.05) is 47.4 Å². The highest BCUT2D eigenvalue weighted by Gasteiger charge is 2.46. The van der Waals surface area contributed by atoms with Gasteiger partial charge in [-0.25, -0.2) is 0 Å². The molecule has 5 heteroatoms. The maximum absolute atomic E-state index is 13.3. The molecule has 3 atom stereocenters. The molecule has 0 aliphatic carbocycles. The largest absolute Gasteiger partial charge is 0.381 e. The molecule has 2 aliphatic rings. The quantitative estimate of drug-likeness (QED) is 0.761. The Balaban J connectivity index is 1.42. The van der Waals surface area contributed by atoms with Crippen molar-refractivity contribution in [2.75, 3.05) is 19.8 Å². The van der Waals surface area contributed by atoms with Gasteiger partial charge in [-0.3, -0.25) is 9.89 Å². The Bertz CT molecular complexity index is 954. The summed E-state index contributed by atoms with van der Waals surface area (Å²) < 4.78 is 5.77. The predicted molar refractivity (Wildman–Crippen MR) is 107 cm³/mol. The molecule has 3 heterocycles. The molecule has 3 aromatic rings. The van der Waals surface area contributed by atoms with Crippen LogP contribution in [0.5, 0.6) is 0 Å². The van der Waals surface area contributed by atoms with E-state index in [2.05, 4.69) is 34.5 Å². The van der Waals surface area contributed by atoms with E-state index in [0.717, 1.165) is 24.2 Å². The minimum Gasteiger partial charge on any atom is -0.381 e. The van der Waals surface area contributed by atoms with Crippen molar-refractivity contribution in [3.63, 3.8) is 0 Å². The molecule has 1 aromatic heterocycles. The minimum absolute atomic E-state index is 0.0324. The van der Waals surface area contributed by atoms with E-state index < -0.39 is 0 Å². The molecule has 28 heavy (non-hydrogen) atoms. The lowest BCUT2D eigenvalue weighted by molar-refractivity contribution is 0.0187. The number of nitrogens with zero attached hydrogens (tertiary/aromatic N) is 2. The summed E-state index contributed by atoms with van der Waals surface area (Å²) in [6.07, 6.45) is 0.888. The summed E-state index contributed by atoms with van der Waals surface area (Å²) in [4.78, 5) is 15.4. The van der Waals surface area contributed by atoms with Crippen LogP contribution in [0.1, 0.15) is 28.4 Å². The highest BCUT2D eigenvalue weighted by molar-refractivity contribution is 5.94. The van der Waals surface area contributed by atoms with Gasteiger partial charge in [-0.15, -0.1) is 0 Å². The fourth-order valence-corrected chi connectivity index (χ4v) is 4.63. The van der Waals surface area contributed by atoms with Gasteiger partial charge in [-0.1, -0.05) is 60.7 Å². The predicted octanol–water partition coefficient (Wildman–Crippen LogP) is 3.72. The molecule has 0 saturated carbocycles. The van der Waals surface area contributed by atoms with Crippen molar-refractivity contribution in [1.29, 1.82) is 0 Å². The van der Waals surface area contributed by atoms with Crippen LogP contribution in [0.4, 0.5) is 0 Å². The van der Waals surface area contributed by atoms with Crippen molar-refractivity contribution in [3.05, 3.63) is 78.0 Å². The number of fused-ring (bicyclic) bond motifs is 1. The zero-order valence-corrected chi connectivity index (χ0v) is 15.6. The van der Waals surface area contributed by atoms with Crippen LogP contribution in [-0.2, 0) is 4.74 Å². The maximum atomic E-state index is 13.3. The Hall–Kier alpha value is -2.92. The van der Waals surface area contributed by atoms with E-state index in [1.54, 1.807) is 0 Å². The molecule has 2 aromatic carbocycles. The average Bonchev–Trinajstić information content (AvgIpc) is 3.40. The number of rotatable bonds is 3. The Labute approximate surface area is 164 Å². The van der Waals surface area contributed by atoms with Gasteiger partial charge in [-0.2, -0.15) is 5.10 Å². The average molecular weight is 373 g/mol. The second-order valence-corrected chi connectivity index (χ2v) is 7.60. The van der Waals surface area contributed by atoms with Crippen LogP contribution in [0.25, 0.3) is 11.3 Å². The van der Waals surface area contributed by atoms with Crippen molar-refractivity contribution in [1.82, 2.24) is 15.1 Å². The van der Waals surface area contributed by atoms with E-state index in [1.165, 1.54) is 5.56 Å². The van der Waals surface area contributed by atoms with E-state index in [0.29, 0.717) is 30.7 Å². The number of carbonyl (C=O) groups excluding carboxylic acids is 1. The number of likely N-dealkylation sites (tertiary alicyclic amines) is 1. The molecule has 0 spiro atoms. The Kier molecular flexibility index (Phi) is 4.45. The number of ether oxygens (including phenoxy) is 1. The number of hydrogen-bond acceptors (Lipinski definition) is 3. The minimum atomic E-state index is 0.0324.